The molecule has 0 saturated carbocycles. The standard InChI is InChI=1S/C11H15ClN2O/c12-10-7-14-4-2-9(10)6-11(13)3-1-5-15-8-11/h2,4,7H,1,3,5-6,8,13H2. The SMILES string of the molecule is NC1(Cc2ccncc2Cl)CCCOC1. The van der Waals surface area contributed by atoms with E-state index in [0.29, 0.717) is 11.6 Å². The van der Waals surface area contributed by atoms with Gasteiger partial charge in [0.2, 0.25) is 0 Å². The lowest BCUT2D eigenvalue weighted by Crippen LogP contribution is -2.49. The first-order valence-electron chi connectivity index (χ1n) is 5.15. The van der Waals surface area contributed by atoms with Crippen LogP contribution in [-0.4, -0.2) is 23.7 Å². The number of rotatable bonds is 2. The molecule has 0 spiro atoms. The Morgan fingerprint density at radius 3 is 3.13 bits per heavy atom. The lowest BCUT2D eigenvalue weighted by molar-refractivity contribution is 0.0382. The molecule has 82 valence electrons. The Morgan fingerprint density at radius 2 is 2.47 bits per heavy atom. The number of nitrogens with two attached hydrogens (primary N) is 1. The van der Waals surface area contributed by atoms with Gasteiger partial charge in [-0.2, -0.15) is 0 Å². The summed E-state index contributed by atoms with van der Waals surface area (Å²) in [6.45, 7) is 1.44. The summed E-state index contributed by atoms with van der Waals surface area (Å²) >= 11 is 6.05. The first kappa shape index (κ1) is 10.9. The second-order valence-electron chi connectivity index (χ2n) is 4.16. The predicted octanol–water partition coefficient (Wildman–Crippen LogP) is 1.79. The summed E-state index contributed by atoms with van der Waals surface area (Å²) < 4.78 is 5.41. The minimum atomic E-state index is -0.261. The summed E-state index contributed by atoms with van der Waals surface area (Å²) in [6.07, 6.45) is 6.18. The van der Waals surface area contributed by atoms with Gasteiger partial charge in [0.25, 0.3) is 0 Å². The molecule has 15 heavy (non-hydrogen) atoms. The maximum absolute atomic E-state index is 6.26. The van der Waals surface area contributed by atoms with Crippen molar-refractivity contribution in [2.24, 2.45) is 5.73 Å². The zero-order chi connectivity index (χ0) is 10.7. The highest BCUT2D eigenvalue weighted by Crippen LogP contribution is 2.24. The van der Waals surface area contributed by atoms with E-state index in [-0.39, 0.29) is 5.54 Å². The van der Waals surface area contributed by atoms with Crippen LogP contribution in [0.5, 0.6) is 0 Å². The van der Waals surface area contributed by atoms with E-state index in [1.807, 2.05) is 6.07 Å². The van der Waals surface area contributed by atoms with Crippen molar-refractivity contribution >= 4 is 11.6 Å². The van der Waals surface area contributed by atoms with Gasteiger partial charge in [-0.1, -0.05) is 11.6 Å². The van der Waals surface area contributed by atoms with Gasteiger partial charge in [0.1, 0.15) is 0 Å². The first-order chi connectivity index (χ1) is 7.20. The summed E-state index contributed by atoms with van der Waals surface area (Å²) in [5.41, 5.74) is 7.05. The van der Waals surface area contributed by atoms with Gasteiger partial charge in [-0.05, 0) is 30.9 Å². The topological polar surface area (TPSA) is 48.1 Å². The fraction of sp³-hybridized carbons (Fsp3) is 0.545. The second kappa shape index (κ2) is 4.47. The largest absolute Gasteiger partial charge is 0.380 e. The zero-order valence-corrected chi connectivity index (χ0v) is 9.33. The molecule has 0 aliphatic carbocycles. The van der Waals surface area contributed by atoms with E-state index < -0.39 is 0 Å². The van der Waals surface area contributed by atoms with Gasteiger partial charge in [0.05, 0.1) is 11.6 Å². The summed E-state index contributed by atoms with van der Waals surface area (Å²) in [4.78, 5) is 3.96. The van der Waals surface area contributed by atoms with Gasteiger partial charge in [-0.25, -0.2) is 0 Å². The van der Waals surface area contributed by atoms with E-state index in [1.165, 1.54) is 0 Å². The summed E-state index contributed by atoms with van der Waals surface area (Å²) in [5, 5.41) is 0.688. The van der Waals surface area contributed by atoms with Gasteiger partial charge in [0.15, 0.2) is 0 Å². The highest BCUT2D eigenvalue weighted by Gasteiger charge is 2.29. The van der Waals surface area contributed by atoms with Crippen LogP contribution in [0, 0.1) is 0 Å². The molecule has 4 heteroatoms. The van der Waals surface area contributed by atoms with Crippen molar-refractivity contribution in [3.05, 3.63) is 29.0 Å². The van der Waals surface area contributed by atoms with Crippen LogP contribution < -0.4 is 5.73 Å². The Balaban J connectivity index is 2.10. The number of halogens is 1. The van der Waals surface area contributed by atoms with Gasteiger partial charge in [-0.15, -0.1) is 0 Å². The molecule has 1 unspecified atom stereocenters. The minimum Gasteiger partial charge on any atom is -0.380 e. The van der Waals surface area contributed by atoms with Crippen LogP contribution in [0.15, 0.2) is 18.5 Å². The van der Waals surface area contributed by atoms with E-state index >= 15 is 0 Å². The lowest BCUT2D eigenvalue weighted by Gasteiger charge is -2.33. The smallest absolute Gasteiger partial charge is 0.0649 e. The number of pyridine rings is 1. The fourth-order valence-electron chi connectivity index (χ4n) is 1.94. The summed E-state index contributed by atoms with van der Waals surface area (Å²) in [5.74, 6) is 0. The third-order valence-electron chi connectivity index (χ3n) is 2.75. The number of nitrogens with zero attached hydrogens (tertiary/aromatic N) is 1. The molecule has 1 aromatic heterocycles. The number of aromatic nitrogens is 1. The molecular weight excluding hydrogens is 212 g/mol. The molecule has 1 saturated heterocycles. The average Bonchev–Trinajstić information content (AvgIpc) is 2.22. The highest BCUT2D eigenvalue weighted by molar-refractivity contribution is 6.31. The number of hydrogen-bond donors (Lipinski definition) is 1. The summed E-state index contributed by atoms with van der Waals surface area (Å²) in [6, 6.07) is 1.92. The molecule has 1 aromatic rings. The second-order valence-corrected chi connectivity index (χ2v) is 4.57. The molecule has 0 bridgehead atoms. The average molecular weight is 227 g/mol. The van der Waals surface area contributed by atoms with Crippen LogP contribution in [0.25, 0.3) is 0 Å². The molecule has 2 rings (SSSR count). The van der Waals surface area contributed by atoms with Crippen LogP contribution in [0.3, 0.4) is 0 Å². The third kappa shape index (κ3) is 2.68. The maximum Gasteiger partial charge on any atom is 0.0649 e. The van der Waals surface area contributed by atoms with Crippen molar-refractivity contribution in [1.29, 1.82) is 0 Å². The van der Waals surface area contributed by atoms with Crippen molar-refractivity contribution in [3.63, 3.8) is 0 Å². The third-order valence-corrected chi connectivity index (χ3v) is 3.09. The molecule has 0 amide bonds. The predicted molar refractivity (Wildman–Crippen MR) is 59.9 cm³/mol. The molecule has 0 aromatic carbocycles. The van der Waals surface area contributed by atoms with Crippen molar-refractivity contribution in [1.82, 2.24) is 4.98 Å². The Bertz CT molecular complexity index is 337. The summed E-state index contributed by atoms with van der Waals surface area (Å²) in [7, 11) is 0. The van der Waals surface area contributed by atoms with Crippen LogP contribution in [-0.2, 0) is 11.2 Å². The molecular formula is C11H15ClN2O. The Hall–Kier alpha value is -0.640. The van der Waals surface area contributed by atoms with Crippen molar-refractivity contribution in [2.45, 2.75) is 24.8 Å². The molecule has 1 fully saturated rings. The van der Waals surface area contributed by atoms with E-state index in [9.17, 15) is 0 Å². The first-order valence-corrected chi connectivity index (χ1v) is 5.52. The Kier molecular flexibility index (Phi) is 3.24. The number of hydrogen-bond acceptors (Lipinski definition) is 3. The molecule has 2 heterocycles. The molecule has 0 radical (unpaired) electrons. The molecule has 2 N–H and O–H groups in total. The zero-order valence-electron chi connectivity index (χ0n) is 8.58. The molecule has 1 aliphatic rings. The number of ether oxygens (including phenoxy) is 1. The van der Waals surface area contributed by atoms with Crippen LogP contribution in [0.4, 0.5) is 0 Å². The van der Waals surface area contributed by atoms with E-state index in [1.54, 1.807) is 12.4 Å². The Labute approximate surface area is 94.6 Å². The Morgan fingerprint density at radius 1 is 1.60 bits per heavy atom. The highest BCUT2D eigenvalue weighted by atomic mass is 35.5. The lowest BCUT2D eigenvalue weighted by atomic mass is 9.87. The van der Waals surface area contributed by atoms with Crippen LogP contribution >= 0.6 is 11.6 Å². The van der Waals surface area contributed by atoms with Gasteiger partial charge in [-0.3, -0.25) is 4.98 Å². The normalized spacial score (nSPS) is 26.5. The van der Waals surface area contributed by atoms with E-state index in [4.69, 9.17) is 22.1 Å². The van der Waals surface area contributed by atoms with Crippen LogP contribution in [0.2, 0.25) is 5.02 Å². The maximum atomic E-state index is 6.26. The van der Waals surface area contributed by atoms with Gasteiger partial charge >= 0.3 is 0 Å². The van der Waals surface area contributed by atoms with Crippen molar-refractivity contribution < 1.29 is 4.74 Å². The van der Waals surface area contributed by atoms with E-state index in [0.717, 1.165) is 31.4 Å². The molecule has 1 aliphatic heterocycles. The van der Waals surface area contributed by atoms with E-state index in [2.05, 4.69) is 4.98 Å². The monoisotopic (exact) mass is 226 g/mol. The van der Waals surface area contributed by atoms with Gasteiger partial charge in [0, 0.05) is 24.5 Å². The quantitative estimate of drug-likeness (QED) is 0.837. The molecule has 3 nitrogen and oxygen atoms in total. The van der Waals surface area contributed by atoms with Crippen molar-refractivity contribution in [2.75, 3.05) is 13.2 Å². The minimum absolute atomic E-state index is 0.261. The van der Waals surface area contributed by atoms with Crippen molar-refractivity contribution in [3.8, 4) is 0 Å². The fourth-order valence-corrected chi connectivity index (χ4v) is 2.13. The van der Waals surface area contributed by atoms with Gasteiger partial charge < -0.3 is 10.5 Å². The van der Waals surface area contributed by atoms with Crippen LogP contribution in [0.1, 0.15) is 18.4 Å². The molecule has 1 atom stereocenters.